The number of amides is 2. The fourth-order valence-corrected chi connectivity index (χ4v) is 3.00. The molecule has 0 radical (unpaired) electrons. The van der Waals surface area contributed by atoms with Gasteiger partial charge in [0.2, 0.25) is 5.91 Å². The number of carbonyl (C=O) groups excluding carboxylic acids is 2. The second kappa shape index (κ2) is 8.50. The molecule has 1 aromatic rings. The summed E-state index contributed by atoms with van der Waals surface area (Å²) in [6.07, 6.45) is 0.895. The molecule has 0 aromatic heterocycles. The smallest absolute Gasteiger partial charge is 0.410 e. The zero-order valence-electron chi connectivity index (χ0n) is 17.0. The molecule has 7 heteroatoms. The first-order valence-corrected chi connectivity index (χ1v) is 9.16. The lowest BCUT2D eigenvalue weighted by atomic mass is 9.96. The lowest BCUT2D eigenvalue weighted by molar-refractivity contribution is -0.121. The van der Waals surface area contributed by atoms with E-state index in [1.54, 1.807) is 25.2 Å². The van der Waals surface area contributed by atoms with Gasteiger partial charge in [-0.1, -0.05) is 0 Å². The van der Waals surface area contributed by atoms with Crippen molar-refractivity contribution in [1.82, 2.24) is 4.90 Å². The quantitative estimate of drug-likeness (QED) is 0.866. The molecule has 1 N–H and O–H groups in total. The number of anilines is 1. The van der Waals surface area contributed by atoms with Crippen molar-refractivity contribution in [3.05, 3.63) is 17.7 Å². The Morgan fingerprint density at radius 2 is 1.63 bits per heavy atom. The number of benzene rings is 1. The highest BCUT2D eigenvalue weighted by Crippen LogP contribution is 2.33. The van der Waals surface area contributed by atoms with E-state index in [2.05, 4.69) is 5.32 Å². The van der Waals surface area contributed by atoms with E-state index >= 15 is 0 Å². The van der Waals surface area contributed by atoms with Gasteiger partial charge >= 0.3 is 6.09 Å². The van der Waals surface area contributed by atoms with E-state index in [-0.39, 0.29) is 17.9 Å². The first kappa shape index (κ1) is 20.9. The summed E-state index contributed by atoms with van der Waals surface area (Å²) < 4.78 is 16.0. The monoisotopic (exact) mass is 378 g/mol. The molecule has 0 unspecified atom stereocenters. The lowest BCUT2D eigenvalue weighted by Crippen LogP contribution is -2.43. The van der Waals surface area contributed by atoms with Crippen LogP contribution in [0.4, 0.5) is 10.5 Å². The van der Waals surface area contributed by atoms with Crippen LogP contribution in [0.1, 0.15) is 39.2 Å². The zero-order valence-corrected chi connectivity index (χ0v) is 17.0. The predicted molar refractivity (Wildman–Crippen MR) is 103 cm³/mol. The molecule has 1 aliphatic rings. The molecule has 1 aliphatic heterocycles. The molecular formula is C20H30N2O5. The number of hydrogen-bond donors (Lipinski definition) is 1. The minimum atomic E-state index is -0.518. The number of piperidine rings is 1. The van der Waals surface area contributed by atoms with Crippen LogP contribution in [0.25, 0.3) is 0 Å². The summed E-state index contributed by atoms with van der Waals surface area (Å²) in [5.74, 6) is 1.00. The number of rotatable bonds is 4. The average Bonchev–Trinajstić information content (AvgIpc) is 2.61. The van der Waals surface area contributed by atoms with Gasteiger partial charge in [0, 0.05) is 30.8 Å². The fourth-order valence-electron chi connectivity index (χ4n) is 3.00. The van der Waals surface area contributed by atoms with Gasteiger partial charge < -0.3 is 24.4 Å². The van der Waals surface area contributed by atoms with Gasteiger partial charge in [0.1, 0.15) is 5.60 Å². The molecule has 0 aliphatic carbocycles. The summed E-state index contributed by atoms with van der Waals surface area (Å²) in [6, 6.07) is 3.60. The summed E-state index contributed by atoms with van der Waals surface area (Å²) in [5.41, 5.74) is 1.08. The number of ether oxygens (including phenoxy) is 3. The second-order valence-electron chi connectivity index (χ2n) is 7.75. The highest BCUT2D eigenvalue weighted by Gasteiger charge is 2.30. The van der Waals surface area contributed by atoms with Gasteiger partial charge in [-0.05, 0) is 52.2 Å². The van der Waals surface area contributed by atoms with E-state index in [9.17, 15) is 9.59 Å². The van der Waals surface area contributed by atoms with Crippen LogP contribution >= 0.6 is 0 Å². The first-order valence-electron chi connectivity index (χ1n) is 9.16. The van der Waals surface area contributed by atoms with Crippen molar-refractivity contribution < 1.29 is 23.8 Å². The van der Waals surface area contributed by atoms with E-state index in [1.165, 1.54) is 0 Å². The van der Waals surface area contributed by atoms with E-state index in [0.717, 1.165) is 5.56 Å². The van der Waals surface area contributed by atoms with Gasteiger partial charge in [0.25, 0.3) is 0 Å². The molecule has 1 saturated heterocycles. The number of nitrogens with one attached hydrogen (secondary N) is 1. The molecule has 0 spiro atoms. The Morgan fingerprint density at radius 3 is 2.15 bits per heavy atom. The Morgan fingerprint density at radius 1 is 1.07 bits per heavy atom. The maximum atomic E-state index is 12.7. The molecular weight excluding hydrogens is 348 g/mol. The highest BCUT2D eigenvalue weighted by atomic mass is 16.6. The van der Waals surface area contributed by atoms with Gasteiger partial charge in [0.05, 0.1) is 14.2 Å². The van der Waals surface area contributed by atoms with Gasteiger partial charge in [-0.15, -0.1) is 0 Å². The van der Waals surface area contributed by atoms with Gasteiger partial charge in [-0.25, -0.2) is 4.79 Å². The average molecular weight is 378 g/mol. The fraction of sp³-hybridized carbons (Fsp3) is 0.600. The molecule has 2 rings (SSSR count). The van der Waals surface area contributed by atoms with Crippen molar-refractivity contribution in [2.45, 2.75) is 46.1 Å². The van der Waals surface area contributed by atoms with Crippen LogP contribution in [0.15, 0.2) is 12.1 Å². The minimum Gasteiger partial charge on any atom is -0.493 e. The van der Waals surface area contributed by atoms with Gasteiger partial charge in [0.15, 0.2) is 11.5 Å². The summed E-state index contributed by atoms with van der Waals surface area (Å²) >= 11 is 0. The van der Waals surface area contributed by atoms with Crippen molar-refractivity contribution in [2.75, 3.05) is 32.6 Å². The second-order valence-corrected chi connectivity index (χ2v) is 7.75. The molecule has 7 nitrogen and oxygen atoms in total. The molecule has 27 heavy (non-hydrogen) atoms. The van der Waals surface area contributed by atoms with Gasteiger partial charge in [-0.3, -0.25) is 4.79 Å². The van der Waals surface area contributed by atoms with Crippen LogP contribution in [-0.2, 0) is 9.53 Å². The largest absolute Gasteiger partial charge is 0.493 e. The van der Waals surface area contributed by atoms with Crippen molar-refractivity contribution in [1.29, 1.82) is 0 Å². The van der Waals surface area contributed by atoms with Crippen molar-refractivity contribution >= 4 is 17.7 Å². The third-order valence-electron chi connectivity index (χ3n) is 4.51. The predicted octanol–water partition coefficient (Wildman–Crippen LogP) is 3.60. The number of nitrogens with zero attached hydrogens (tertiary/aromatic N) is 1. The van der Waals surface area contributed by atoms with Crippen LogP contribution in [0.2, 0.25) is 0 Å². The Balaban J connectivity index is 1.96. The van der Waals surface area contributed by atoms with Crippen LogP contribution < -0.4 is 14.8 Å². The Hall–Kier alpha value is -2.44. The maximum Gasteiger partial charge on any atom is 0.410 e. The molecule has 1 aromatic carbocycles. The number of carbonyl (C=O) groups is 2. The Labute approximate surface area is 161 Å². The van der Waals surface area contributed by atoms with Crippen LogP contribution in [0.3, 0.4) is 0 Å². The first-order chi connectivity index (χ1) is 12.6. The number of likely N-dealkylation sites (tertiary alicyclic amines) is 1. The molecule has 0 saturated carbocycles. The van der Waals surface area contributed by atoms with Crippen molar-refractivity contribution in [3.63, 3.8) is 0 Å². The van der Waals surface area contributed by atoms with E-state index in [4.69, 9.17) is 14.2 Å². The summed E-state index contributed by atoms with van der Waals surface area (Å²) in [7, 11) is 3.14. The summed E-state index contributed by atoms with van der Waals surface area (Å²) in [5, 5.41) is 2.98. The molecule has 1 fully saturated rings. The lowest BCUT2D eigenvalue weighted by Gasteiger charge is -2.33. The number of hydrogen-bond acceptors (Lipinski definition) is 5. The standard InChI is InChI=1S/C20H30N2O5/c1-13-11-16(25-5)17(26-6)12-15(13)21-18(23)14-7-9-22(10-8-14)19(24)27-20(2,3)4/h11-12,14H,7-10H2,1-6H3,(H,21,23). The summed E-state index contributed by atoms with van der Waals surface area (Å²) in [4.78, 5) is 26.5. The Kier molecular flexibility index (Phi) is 6.57. The van der Waals surface area contributed by atoms with Crippen LogP contribution in [0.5, 0.6) is 11.5 Å². The third-order valence-corrected chi connectivity index (χ3v) is 4.51. The van der Waals surface area contributed by atoms with Gasteiger partial charge in [-0.2, -0.15) is 0 Å². The van der Waals surface area contributed by atoms with Crippen molar-refractivity contribution in [2.24, 2.45) is 5.92 Å². The number of methoxy groups -OCH3 is 2. The van der Waals surface area contributed by atoms with E-state index in [1.807, 2.05) is 33.8 Å². The topological polar surface area (TPSA) is 77.1 Å². The zero-order chi connectivity index (χ0) is 20.2. The third kappa shape index (κ3) is 5.52. The molecule has 150 valence electrons. The number of aryl methyl sites for hydroxylation is 1. The molecule has 1 heterocycles. The van der Waals surface area contributed by atoms with E-state index < -0.39 is 5.60 Å². The highest BCUT2D eigenvalue weighted by molar-refractivity contribution is 5.93. The van der Waals surface area contributed by atoms with Crippen LogP contribution in [0, 0.1) is 12.8 Å². The molecule has 0 atom stereocenters. The molecule has 0 bridgehead atoms. The Bertz CT molecular complexity index is 688. The summed E-state index contributed by atoms with van der Waals surface area (Å²) in [6.45, 7) is 8.46. The minimum absolute atomic E-state index is 0.0471. The maximum absolute atomic E-state index is 12.7. The SMILES string of the molecule is COc1cc(C)c(NC(=O)C2CCN(C(=O)OC(C)(C)C)CC2)cc1OC. The van der Waals surface area contributed by atoms with Crippen LogP contribution in [-0.4, -0.2) is 49.8 Å². The van der Waals surface area contributed by atoms with Crippen molar-refractivity contribution in [3.8, 4) is 11.5 Å². The van der Waals surface area contributed by atoms with E-state index in [0.29, 0.717) is 43.1 Å². The molecule has 2 amide bonds. The normalized spacial score (nSPS) is 15.3.